The number of fused-ring (bicyclic) bond motifs is 6. The van der Waals surface area contributed by atoms with Crippen molar-refractivity contribution in [3.63, 3.8) is 0 Å². The Bertz CT molecular complexity index is 2320. The molecule has 0 saturated carbocycles. The Kier molecular flexibility index (Phi) is 5.85. The summed E-state index contributed by atoms with van der Waals surface area (Å²) in [5.74, 6) is 0. The van der Waals surface area contributed by atoms with Crippen LogP contribution < -0.4 is 4.90 Å². The van der Waals surface area contributed by atoms with Gasteiger partial charge in [-0.25, -0.2) is 0 Å². The van der Waals surface area contributed by atoms with Gasteiger partial charge in [-0.2, -0.15) is 0 Å². The molecule has 1 aliphatic rings. The lowest BCUT2D eigenvalue weighted by Crippen LogP contribution is -2.10. The zero-order valence-corrected chi connectivity index (χ0v) is 24.6. The van der Waals surface area contributed by atoms with Gasteiger partial charge in [0.25, 0.3) is 0 Å². The van der Waals surface area contributed by atoms with E-state index in [0.29, 0.717) is 0 Å². The number of pyridine rings is 1. The molecule has 0 saturated heterocycles. The summed E-state index contributed by atoms with van der Waals surface area (Å²) in [6.07, 6.45) is 3.91. The molecular formula is C43H28N2. The predicted octanol–water partition coefficient (Wildman–Crippen LogP) is 11.8. The SMILES string of the molecule is c1ccc(N(c2ccc(-c3ccc4ccccc4c3)cc2)c2ccc3c4c(cccc24)-c2ccncc2-c2ccccc2-3)cc1. The highest BCUT2D eigenvalue weighted by Crippen LogP contribution is 2.50. The molecule has 0 radical (unpaired) electrons. The van der Waals surface area contributed by atoms with Crippen LogP contribution in [0.15, 0.2) is 170 Å². The first kappa shape index (κ1) is 25.5. The molecule has 0 fully saturated rings. The number of rotatable bonds is 4. The van der Waals surface area contributed by atoms with Crippen LogP contribution in [0, 0.1) is 0 Å². The van der Waals surface area contributed by atoms with Crippen LogP contribution in [-0.4, -0.2) is 4.98 Å². The molecule has 0 unspecified atom stereocenters. The minimum Gasteiger partial charge on any atom is -0.310 e. The van der Waals surface area contributed by atoms with E-state index in [-0.39, 0.29) is 0 Å². The zero-order chi connectivity index (χ0) is 29.7. The van der Waals surface area contributed by atoms with E-state index in [9.17, 15) is 0 Å². The summed E-state index contributed by atoms with van der Waals surface area (Å²) < 4.78 is 0. The van der Waals surface area contributed by atoms with Gasteiger partial charge >= 0.3 is 0 Å². The zero-order valence-electron chi connectivity index (χ0n) is 24.6. The van der Waals surface area contributed by atoms with Gasteiger partial charge in [-0.05, 0) is 97.6 Å². The Labute approximate surface area is 262 Å². The van der Waals surface area contributed by atoms with Gasteiger partial charge in [0.1, 0.15) is 0 Å². The van der Waals surface area contributed by atoms with E-state index in [1.54, 1.807) is 0 Å². The first-order valence-electron chi connectivity index (χ1n) is 15.4. The average molecular weight is 573 g/mol. The van der Waals surface area contributed by atoms with Gasteiger partial charge in [-0.3, -0.25) is 4.98 Å². The highest BCUT2D eigenvalue weighted by atomic mass is 15.1. The molecule has 1 aromatic heterocycles. The molecule has 0 spiro atoms. The van der Waals surface area contributed by atoms with E-state index in [2.05, 4.69) is 168 Å². The highest BCUT2D eigenvalue weighted by molar-refractivity contribution is 6.17. The molecule has 7 aromatic carbocycles. The molecule has 210 valence electrons. The Balaban J connectivity index is 1.25. The summed E-state index contributed by atoms with van der Waals surface area (Å²) in [4.78, 5) is 6.91. The normalized spacial score (nSPS) is 11.6. The largest absolute Gasteiger partial charge is 0.310 e. The molecule has 1 heterocycles. The minimum atomic E-state index is 1.12. The molecule has 0 N–H and O–H groups in total. The third-order valence-corrected chi connectivity index (χ3v) is 9.10. The Hall–Kier alpha value is -5.99. The fraction of sp³-hybridized carbons (Fsp3) is 0. The van der Waals surface area contributed by atoms with Crippen LogP contribution >= 0.6 is 0 Å². The van der Waals surface area contributed by atoms with Gasteiger partial charge < -0.3 is 4.90 Å². The summed E-state index contributed by atoms with van der Waals surface area (Å²) in [5, 5.41) is 4.99. The Morgan fingerprint density at radius 3 is 1.89 bits per heavy atom. The standard InChI is InChI=1S/C43H28N2/c1-2-11-33(12-3-1)45(34-21-19-30(20-22-34)32-18-17-29-9-4-5-10-31(29)27-32)42-24-23-39-35-13-6-7-14-36(35)41-28-44-26-25-37(41)38-15-8-16-40(42)43(38)39/h1-28H. The van der Waals surface area contributed by atoms with Crippen molar-refractivity contribution < 1.29 is 0 Å². The number of hydrogen-bond donors (Lipinski definition) is 0. The molecule has 8 aromatic rings. The van der Waals surface area contributed by atoms with Crippen molar-refractivity contribution >= 4 is 38.6 Å². The van der Waals surface area contributed by atoms with Crippen molar-refractivity contribution in [3.05, 3.63) is 170 Å². The quantitative estimate of drug-likeness (QED) is 0.208. The number of para-hydroxylation sites is 1. The molecule has 45 heavy (non-hydrogen) atoms. The summed E-state index contributed by atoms with van der Waals surface area (Å²) in [6, 6.07) is 57.1. The number of benzene rings is 7. The van der Waals surface area contributed by atoms with E-state index >= 15 is 0 Å². The highest BCUT2D eigenvalue weighted by Gasteiger charge is 2.24. The third-order valence-electron chi connectivity index (χ3n) is 9.10. The van der Waals surface area contributed by atoms with Gasteiger partial charge in [-0.15, -0.1) is 0 Å². The average Bonchev–Trinajstić information content (AvgIpc) is 3.24. The second kappa shape index (κ2) is 10.3. The van der Waals surface area contributed by atoms with Crippen LogP contribution in [0.25, 0.3) is 66.1 Å². The smallest absolute Gasteiger partial charge is 0.0540 e. The molecule has 2 heteroatoms. The van der Waals surface area contributed by atoms with Gasteiger partial charge in [0.05, 0.1) is 5.69 Å². The summed E-state index contributed by atoms with van der Waals surface area (Å²) in [6.45, 7) is 0. The lowest BCUT2D eigenvalue weighted by atomic mass is 9.92. The topological polar surface area (TPSA) is 16.1 Å². The van der Waals surface area contributed by atoms with Gasteiger partial charge in [0, 0.05) is 34.7 Å². The summed E-state index contributed by atoms with van der Waals surface area (Å²) in [7, 11) is 0. The van der Waals surface area contributed by atoms with Gasteiger partial charge in [0.15, 0.2) is 0 Å². The molecule has 0 bridgehead atoms. The maximum absolute atomic E-state index is 4.53. The lowest BCUT2D eigenvalue weighted by Gasteiger charge is -2.28. The van der Waals surface area contributed by atoms with E-state index in [1.807, 2.05) is 12.4 Å². The third kappa shape index (κ3) is 4.15. The minimum absolute atomic E-state index is 1.12. The van der Waals surface area contributed by atoms with E-state index < -0.39 is 0 Å². The predicted molar refractivity (Wildman–Crippen MR) is 189 cm³/mol. The molecule has 0 atom stereocenters. The molecule has 9 rings (SSSR count). The number of nitrogens with zero attached hydrogens (tertiary/aromatic N) is 2. The van der Waals surface area contributed by atoms with Crippen molar-refractivity contribution in [2.75, 3.05) is 4.90 Å². The van der Waals surface area contributed by atoms with Gasteiger partial charge in [0.2, 0.25) is 0 Å². The van der Waals surface area contributed by atoms with Crippen LogP contribution in [0.4, 0.5) is 17.1 Å². The summed E-state index contributed by atoms with van der Waals surface area (Å²) >= 11 is 0. The summed E-state index contributed by atoms with van der Waals surface area (Å²) in [5.41, 5.74) is 13.1. The van der Waals surface area contributed by atoms with Crippen molar-refractivity contribution in [2.24, 2.45) is 0 Å². The molecule has 2 nitrogen and oxygen atoms in total. The van der Waals surface area contributed by atoms with E-state index in [4.69, 9.17) is 0 Å². The molecular weight excluding hydrogens is 544 g/mol. The second-order valence-corrected chi connectivity index (χ2v) is 11.6. The van der Waals surface area contributed by atoms with Gasteiger partial charge in [-0.1, -0.05) is 115 Å². The van der Waals surface area contributed by atoms with Crippen LogP contribution in [0.3, 0.4) is 0 Å². The van der Waals surface area contributed by atoms with Crippen LogP contribution in [0.5, 0.6) is 0 Å². The Morgan fingerprint density at radius 1 is 0.400 bits per heavy atom. The monoisotopic (exact) mass is 572 g/mol. The van der Waals surface area contributed by atoms with Crippen molar-refractivity contribution in [3.8, 4) is 44.5 Å². The first-order valence-corrected chi connectivity index (χ1v) is 15.4. The number of aromatic nitrogens is 1. The first-order chi connectivity index (χ1) is 22.3. The van der Waals surface area contributed by atoms with Crippen LogP contribution in [0.1, 0.15) is 0 Å². The molecule has 0 aliphatic heterocycles. The lowest BCUT2D eigenvalue weighted by molar-refractivity contribution is 1.30. The van der Waals surface area contributed by atoms with Crippen molar-refractivity contribution in [1.82, 2.24) is 4.98 Å². The van der Waals surface area contributed by atoms with Crippen LogP contribution in [0.2, 0.25) is 0 Å². The van der Waals surface area contributed by atoms with Crippen molar-refractivity contribution in [1.29, 1.82) is 0 Å². The number of anilines is 3. The molecule has 0 amide bonds. The fourth-order valence-electron chi connectivity index (χ4n) is 7.01. The molecule has 1 aliphatic carbocycles. The Morgan fingerprint density at radius 2 is 1.04 bits per heavy atom. The number of hydrogen-bond acceptors (Lipinski definition) is 2. The fourth-order valence-corrected chi connectivity index (χ4v) is 7.01. The van der Waals surface area contributed by atoms with E-state index in [1.165, 1.54) is 66.1 Å². The van der Waals surface area contributed by atoms with E-state index in [0.717, 1.165) is 17.1 Å². The van der Waals surface area contributed by atoms with Crippen LogP contribution in [-0.2, 0) is 0 Å². The second-order valence-electron chi connectivity index (χ2n) is 11.6. The maximum atomic E-state index is 4.53. The maximum Gasteiger partial charge on any atom is 0.0540 e. The van der Waals surface area contributed by atoms with Crippen molar-refractivity contribution in [2.45, 2.75) is 0 Å².